The van der Waals surface area contributed by atoms with E-state index in [9.17, 15) is 9.90 Å². The van der Waals surface area contributed by atoms with Crippen LogP contribution in [-0.2, 0) is 4.79 Å². The van der Waals surface area contributed by atoms with Gasteiger partial charge in [-0.3, -0.25) is 0 Å². The molecule has 0 heterocycles. The molecule has 0 bridgehead atoms. The predicted molar refractivity (Wildman–Crippen MR) is 51.4 cm³/mol. The summed E-state index contributed by atoms with van der Waals surface area (Å²) >= 11 is 0. The number of hydrogen-bond acceptors (Lipinski definition) is 2. The molecular formula is C10H16O3. The minimum Gasteiger partial charge on any atom is -0.479 e. The minimum atomic E-state index is -1.62. The molecule has 0 aromatic rings. The summed E-state index contributed by atoms with van der Waals surface area (Å²) < 4.78 is 0. The summed E-state index contributed by atoms with van der Waals surface area (Å²) in [6, 6.07) is 0. The highest BCUT2D eigenvalue weighted by Gasteiger charge is 2.28. The van der Waals surface area contributed by atoms with Crippen molar-refractivity contribution in [3.05, 3.63) is 24.8 Å². The summed E-state index contributed by atoms with van der Waals surface area (Å²) in [7, 11) is 0. The lowest BCUT2D eigenvalue weighted by atomic mass is 9.98. The molecule has 0 radical (unpaired) electrons. The Morgan fingerprint density at radius 3 is 2.54 bits per heavy atom. The Balaban J connectivity index is 3.82. The highest BCUT2D eigenvalue weighted by Crippen LogP contribution is 2.16. The van der Waals surface area contributed by atoms with Gasteiger partial charge in [0, 0.05) is 0 Å². The van der Waals surface area contributed by atoms with Gasteiger partial charge in [-0.15, -0.1) is 0 Å². The summed E-state index contributed by atoms with van der Waals surface area (Å²) in [5.74, 6) is -1.18. The first-order valence-corrected chi connectivity index (χ1v) is 4.16. The van der Waals surface area contributed by atoms with E-state index in [1.807, 2.05) is 0 Å². The molecule has 0 fully saturated rings. The van der Waals surface area contributed by atoms with E-state index in [1.54, 1.807) is 6.08 Å². The number of rotatable bonds is 6. The molecule has 0 aliphatic carbocycles. The average Bonchev–Trinajstić information content (AvgIpc) is 2.03. The van der Waals surface area contributed by atoms with Crippen molar-refractivity contribution >= 4 is 5.97 Å². The summed E-state index contributed by atoms with van der Waals surface area (Å²) in [6.07, 6.45) is 3.14. The van der Waals surface area contributed by atoms with Crippen molar-refractivity contribution < 1.29 is 15.0 Å². The van der Waals surface area contributed by atoms with Crippen LogP contribution in [0.3, 0.4) is 0 Å². The SMILES string of the molecule is C=CC(=C)CCCC(C)(O)C(=O)O. The standard InChI is InChI=1S/C10H16O3/c1-4-8(2)6-5-7-10(3,13)9(11)12/h4,13H,1-2,5-7H2,3H3,(H,11,12). The van der Waals surface area contributed by atoms with Gasteiger partial charge in [0.1, 0.15) is 0 Å². The number of carboxylic acids is 1. The molecule has 0 amide bonds. The van der Waals surface area contributed by atoms with E-state index in [1.165, 1.54) is 6.92 Å². The molecule has 0 rings (SSSR count). The first-order chi connectivity index (χ1) is 5.90. The van der Waals surface area contributed by atoms with Gasteiger partial charge in [-0.2, -0.15) is 0 Å². The lowest BCUT2D eigenvalue weighted by Crippen LogP contribution is -2.34. The van der Waals surface area contributed by atoms with E-state index < -0.39 is 11.6 Å². The number of allylic oxidation sites excluding steroid dienone is 2. The maximum Gasteiger partial charge on any atom is 0.335 e. The van der Waals surface area contributed by atoms with E-state index in [-0.39, 0.29) is 6.42 Å². The molecule has 74 valence electrons. The van der Waals surface area contributed by atoms with Crippen LogP contribution in [0, 0.1) is 0 Å². The molecule has 0 saturated heterocycles. The number of carbonyl (C=O) groups is 1. The van der Waals surface area contributed by atoms with Gasteiger partial charge in [-0.05, 0) is 26.2 Å². The van der Waals surface area contributed by atoms with Gasteiger partial charge in [0.2, 0.25) is 0 Å². The Morgan fingerprint density at radius 1 is 1.62 bits per heavy atom. The van der Waals surface area contributed by atoms with Crippen molar-refractivity contribution in [2.75, 3.05) is 0 Å². The van der Waals surface area contributed by atoms with Crippen LogP contribution < -0.4 is 0 Å². The monoisotopic (exact) mass is 184 g/mol. The average molecular weight is 184 g/mol. The molecule has 0 spiro atoms. The lowest BCUT2D eigenvalue weighted by molar-refractivity contribution is -0.157. The summed E-state index contributed by atoms with van der Waals surface area (Å²) in [6.45, 7) is 8.52. The fourth-order valence-corrected chi connectivity index (χ4v) is 0.869. The van der Waals surface area contributed by atoms with Gasteiger partial charge in [0.05, 0.1) is 0 Å². The highest BCUT2D eigenvalue weighted by atomic mass is 16.4. The second-order valence-electron chi connectivity index (χ2n) is 3.29. The van der Waals surface area contributed by atoms with Gasteiger partial charge in [0.25, 0.3) is 0 Å². The molecule has 3 nitrogen and oxygen atoms in total. The third-order valence-electron chi connectivity index (χ3n) is 1.91. The molecule has 0 aliphatic heterocycles. The van der Waals surface area contributed by atoms with Gasteiger partial charge >= 0.3 is 5.97 Å². The summed E-state index contributed by atoms with van der Waals surface area (Å²) in [5, 5.41) is 17.9. The zero-order valence-electron chi connectivity index (χ0n) is 7.92. The molecule has 1 atom stereocenters. The second kappa shape index (κ2) is 4.82. The zero-order valence-corrected chi connectivity index (χ0v) is 7.92. The Morgan fingerprint density at radius 2 is 2.15 bits per heavy atom. The molecule has 3 heteroatoms. The topological polar surface area (TPSA) is 57.5 Å². The van der Waals surface area contributed by atoms with E-state index in [0.717, 1.165) is 5.57 Å². The van der Waals surface area contributed by atoms with E-state index >= 15 is 0 Å². The Bertz CT molecular complexity index is 216. The summed E-state index contributed by atoms with van der Waals surface area (Å²) in [5.41, 5.74) is -0.761. The zero-order chi connectivity index (χ0) is 10.5. The van der Waals surface area contributed by atoms with Crippen molar-refractivity contribution in [2.45, 2.75) is 31.8 Å². The van der Waals surface area contributed by atoms with Crippen molar-refractivity contribution in [2.24, 2.45) is 0 Å². The van der Waals surface area contributed by atoms with E-state index in [4.69, 9.17) is 5.11 Å². The van der Waals surface area contributed by atoms with Crippen molar-refractivity contribution in [1.82, 2.24) is 0 Å². The molecule has 13 heavy (non-hydrogen) atoms. The maximum absolute atomic E-state index is 10.5. The predicted octanol–water partition coefficient (Wildman–Crippen LogP) is 1.73. The number of carboxylic acid groups (broad SMARTS) is 1. The summed E-state index contributed by atoms with van der Waals surface area (Å²) in [4.78, 5) is 10.5. The van der Waals surface area contributed by atoms with Crippen molar-refractivity contribution in [3.63, 3.8) is 0 Å². The molecule has 0 saturated carbocycles. The van der Waals surface area contributed by atoms with Crippen LogP contribution in [0.25, 0.3) is 0 Å². The van der Waals surface area contributed by atoms with E-state index in [2.05, 4.69) is 13.2 Å². The molecule has 2 N–H and O–H groups in total. The number of aliphatic hydroxyl groups is 1. The third-order valence-corrected chi connectivity index (χ3v) is 1.91. The van der Waals surface area contributed by atoms with E-state index in [0.29, 0.717) is 12.8 Å². The van der Waals surface area contributed by atoms with Crippen LogP contribution in [-0.4, -0.2) is 21.8 Å². The third kappa shape index (κ3) is 4.48. The van der Waals surface area contributed by atoms with Gasteiger partial charge < -0.3 is 10.2 Å². The minimum absolute atomic E-state index is 0.231. The largest absolute Gasteiger partial charge is 0.479 e. The Labute approximate surface area is 78.4 Å². The van der Waals surface area contributed by atoms with Crippen LogP contribution in [0.5, 0.6) is 0 Å². The molecular weight excluding hydrogens is 168 g/mol. The quantitative estimate of drug-likeness (QED) is 0.618. The molecule has 0 aliphatic rings. The Hall–Kier alpha value is -1.09. The smallest absolute Gasteiger partial charge is 0.335 e. The number of hydrogen-bond donors (Lipinski definition) is 2. The van der Waals surface area contributed by atoms with Crippen molar-refractivity contribution in [1.29, 1.82) is 0 Å². The molecule has 0 aromatic carbocycles. The second-order valence-corrected chi connectivity index (χ2v) is 3.29. The van der Waals surface area contributed by atoms with Crippen LogP contribution >= 0.6 is 0 Å². The van der Waals surface area contributed by atoms with Crippen LogP contribution in [0.1, 0.15) is 26.2 Å². The van der Waals surface area contributed by atoms with Crippen LogP contribution in [0.2, 0.25) is 0 Å². The molecule has 0 aromatic heterocycles. The Kier molecular flexibility index (Phi) is 4.42. The van der Waals surface area contributed by atoms with Crippen LogP contribution in [0.4, 0.5) is 0 Å². The molecule has 1 unspecified atom stereocenters. The highest BCUT2D eigenvalue weighted by molar-refractivity contribution is 5.76. The fourth-order valence-electron chi connectivity index (χ4n) is 0.869. The first kappa shape index (κ1) is 11.9. The maximum atomic E-state index is 10.5. The van der Waals surface area contributed by atoms with Crippen molar-refractivity contribution in [3.8, 4) is 0 Å². The number of aliphatic carboxylic acids is 1. The van der Waals surface area contributed by atoms with Gasteiger partial charge in [-0.25, -0.2) is 4.79 Å². The first-order valence-electron chi connectivity index (χ1n) is 4.16. The fraction of sp³-hybridized carbons (Fsp3) is 0.500. The van der Waals surface area contributed by atoms with Gasteiger partial charge in [-0.1, -0.05) is 24.8 Å². The van der Waals surface area contributed by atoms with Gasteiger partial charge in [0.15, 0.2) is 5.60 Å². The van der Waals surface area contributed by atoms with Crippen LogP contribution in [0.15, 0.2) is 24.8 Å². The lowest BCUT2D eigenvalue weighted by Gasteiger charge is -2.17. The normalized spacial score (nSPS) is 14.6.